The summed E-state index contributed by atoms with van der Waals surface area (Å²) >= 11 is 0. The van der Waals surface area contributed by atoms with Crippen LogP contribution in [0, 0.1) is 17.8 Å². The lowest BCUT2D eigenvalue weighted by Gasteiger charge is -2.44. The third-order valence-electron chi connectivity index (χ3n) is 9.37. The molecule has 5 heteroatoms. The van der Waals surface area contributed by atoms with Crippen molar-refractivity contribution < 1.29 is 14.3 Å². The second-order valence-electron chi connectivity index (χ2n) is 10.9. The number of carbonyl (C=O) groups excluding carboxylic acids is 2. The maximum Gasteiger partial charge on any atom is 0.415 e. The third kappa shape index (κ3) is 3.62. The Kier molecular flexibility index (Phi) is 5.39. The fraction of sp³-hybridized carbons (Fsp3) is 0.704. The highest BCUT2D eigenvalue weighted by molar-refractivity contribution is 5.78. The van der Waals surface area contributed by atoms with Gasteiger partial charge < -0.3 is 14.5 Å². The van der Waals surface area contributed by atoms with Gasteiger partial charge in [0.2, 0.25) is 5.91 Å². The molecule has 6 rings (SSSR count). The predicted octanol–water partition coefficient (Wildman–Crippen LogP) is 5.13. The molecule has 4 atom stereocenters. The first-order valence-electron chi connectivity index (χ1n) is 13.1. The molecule has 0 bridgehead atoms. The molecule has 2 saturated carbocycles. The first-order chi connectivity index (χ1) is 15.7. The lowest BCUT2D eigenvalue weighted by Crippen LogP contribution is -2.47. The normalized spacial score (nSPS) is 32.4. The van der Waals surface area contributed by atoms with Gasteiger partial charge in [0.15, 0.2) is 0 Å². The van der Waals surface area contributed by atoms with Gasteiger partial charge in [0.25, 0.3) is 0 Å². The Labute approximate surface area is 191 Å². The molecule has 0 aromatic heterocycles. The second kappa shape index (κ2) is 8.39. The van der Waals surface area contributed by atoms with Crippen LogP contribution in [-0.2, 0) is 11.2 Å². The summed E-state index contributed by atoms with van der Waals surface area (Å²) in [5, 5.41) is 0. The number of nitrogens with zero attached hydrogens (tertiary/aromatic N) is 2. The molecule has 3 aliphatic carbocycles. The predicted molar refractivity (Wildman–Crippen MR) is 123 cm³/mol. The van der Waals surface area contributed by atoms with Crippen LogP contribution < -0.4 is 4.74 Å². The van der Waals surface area contributed by atoms with Gasteiger partial charge >= 0.3 is 6.09 Å². The molecule has 1 aromatic carbocycles. The lowest BCUT2D eigenvalue weighted by molar-refractivity contribution is -0.130. The first-order valence-corrected chi connectivity index (χ1v) is 13.1. The summed E-state index contributed by atoms with van der Waals surface area (Å²) in [5.41, 5.74) is 2.93. The van der Waals surface area contributed by atoms with Crippen LogP contribution in [0.2, 0.25) is 0 Å². The van der Waals surface area contributed by atoms with E-state index in [0.717, 1.165) is 55.9 Å². The van der Waals surface area contributed by atoms with Crippen LogP contribution >= 0.6 is 0 Å². The number of hydrogen-bond donors (Lipinski definition) is 0. The van der Waals surface area contributed by atoms with Gasteiger partial charge in [0, 0.05) is 32.1 Å². The molecule has 32 heavy (non-hydrogen) atoms. The summed E-state index contributed by atoms with van der Waals surface area (Å²) in [4.78, 5) is 28.7. The number of likely N-dealkylation sites (tertiary alicyclic amines) is 2. The maximum absolute atomic E-state index is 12.8. The minimum atomic E-state index is -0.240. The molecule has 2 amide bonds. The van der Waals surface area contributed by atoms with Crippen LogP contribution in [0.25, 0.3) is 0 Å². The molecule has 0 spiro atoms. The summed E-state index contributed by atoms with van der Waals surface area (Å²) in [6.45, 7) is 2.22. The van der Waals surface area contributed by atoms with E-state index in [9.17, 15) is 9.59 Å². The van der Waals surface area contributed by atoms with Crippen molar-refractivity contribution in [3.8, 4) is 5.75 Å². The van der Waals surface area contributed by atoms with E-state index in [0.29, 0.717) is 31.3 Å². The number of ether oxygens (including phenoxy) is 1. The van der Waals surface area contributed by atoms with E-state index in [1.807, 2.05) is 15.9 Å². The molecule has 2 saturated heterocycles. The zero-order chi connectivity index (χ0) is 21.7. The number of benzene rings is 1. The number of rotatable bonds is 2. The third-order valence-corrected chi connectivity index (χ3v) is 9.37. The molecule has 4 fully saturated rings. The maximum atomic E-state index is 12.8. The van der Waals surface area contributed by atoms with Gasteiger partial charge in [-0.25, -0.2) is 4.79 Å². The lowest BCUT2D eigenvalue weighted by atomic mass is 9.61. The fourth-order valence-corrected chi connectivity index (χ4v) is 7.82. The number of fused-ring (bicyclic) bond motifs is 5. The van der Waals surface area contributed by atoms with Crippen molar-refractivity contribution in [3.63, 3.8) is 0 Å². The highest BCUT2D eigenvalue weighted by atomic mass is 16.6. The van der Waals surface area contributed by atoms with Crippen LogP contribution in [0.1, 0.15) is 81.3 Å². The van der Waals surface area contributed by atoms with Gasteiger partial charge in [-0.3, -0.25) is 4.79 Å². The standard InChI is InChI=1S/C27H36N2O3/c30-26-5-2-14-29(26)20-12-15-28(16-13-20)27(31)32-21-8-11-23-19(17-21)7-10-24-22-4-1-3-18(22)6-9-25(23)24/h8,11,17-18,20,22,24-25H,1-7,9-10,12-16H2. The molecule has 2 aliphatic heterocycles. The number of amides is 2. The van der Waals surface area contributed by atoms with E-state index >= 15 is 0 Å². The SMILES string of the molecule is O=C(Oc1ccc2c(c1)CCC1C2CCC2CCCC21)N1CCC(N2CCCC2=O)CC1. The Bertz CT molecular complexity index is 891. The minimum absolute atomic E-state index is 0.240. The summed E-state index contributed by atoms with van der Waals surface area (Å²) in [6.07, 6.45) is 12.6. The van der Waals surface area contributed by atoms with Gasteiger partial charge in [0.05, 0.1) is 0 Å². The largest absolute Gasteiger partial charge is 0.415 e. The quantitative estimate of drug-likeness (QED) is 0.646. The Hall–Kier alpha value is -2.04. The molecule has 5 aliphatic rings. The van der Waals surface area contributed by atoms with Gasteiger partial charge in [-0.05, 0) is 98.3 Å². The van der Waals surface area contributed by atoms with Crippen LogP contribution in [0.15, 0.2) is 18.2 Å². The van der Waals surface area contributed by atoms with Crippen molar-refractivity contribution in [1.82, 2.24) is 9.80 Å². The molecule has 0 radical (unpaired) electrons. The molecular weight excluding hydrogens is 400 g/mol. The molecule has 2 heterocycles. The van der Waals surface area contributed by atoms with Crippen molar-refractivity contribution in [1.29, 1.82) is 0 Å². The van der Waals surface area contributed by atoms with Crippen molar-refractivity contribution >= 4 is 12.0 Å². The topological polar surface area (TPSA) is 49.9 Å². The number of carbonyl (C=O) groups is 2. The average molecular weight is 437 g/mol. The van der Waals surface area contributed by atoms with Crippen molar-refractivity contribution in [2.75, 3.05) is 19.6 Å². The average Bonchev–Trinajstić information content (AvgIpc) is 3.47. The Balaban J connectivity index is 1.08. The van der Waals surface area contributed by atoms with Crippen molar-refractivity contribution in [2.24, 2.45) is 17.8 Å². The Morgan fingerprint density at radius 1 is 0.875 bits per heavy atom. The van der Waals surface area contributed by atoms with Gasteiger partial charge in [-0.2, -0.15) is 0 Å². The van der Waals surface area contributed by atoms with Crippen LogP contribution in [0.3, 0.4) is 0 Å². The zero-order valence-electron chi connectivity index (χ0n) is 19.1. The summed E-state index contributed by atoms with van der Waals surface area (Å²) in [6, 6.07) is 6.71. The summed E-state index contributed by atoms with van der Waals surface area (Å²) in [7, 11) is 0. The monoisotopic (exact) mass is 436 g/mol. The van der Waals surface area contributed by atoms with Crippen molar-refractivity contribution in [2.45, 2.75) is 82.6 Å². The van der Waals surface area contributed by atoms with E-state index in [-0.39, 0.29) is 12.0 Å². The van der Waals surface area contributed by atoms with E-state index in [1.54, 1.807) is 0 Å². The highest BCUT2D eigenvalue weighted by Gasteiger charge is 2.44. The molecule has 0 N–H and O–H groups in total. The molecule has 5 nitrogen and oxygen atoms in total. The molecule has 4 unspecified atom stereocenters. The van der Waals surface area contributed by atoms with Gasteiger partial charge in [-0.15, -0.1) is 0 Å². The van der Waals surface area contributed by atoms with Crippen molar-refractivity contribution in [3.05, 3.63) is 29.3 Å². The smallest absolute Gasteiger partial charge is 0.410 e. The fourth-order valence-electron chi connectivity index (χ4n) is 7.82. The first kappa shape index (κ1) is 20.6. The van der Waals surface area contributed by atoms with Gasteiger partial charge in [0.1, 0.15) is 5.75 Å². The minimum Gasteiger partial charge on any atom is -0.410 e. The zero-order valence-corrected chi connectivity index (χ0v) is 19.1. The summed E-state index contributed by atoms with van der Waals surface area (Å²) < 4.78 is 5.81. The second-order valence-corrected chi connectivity index (χ2v) is 10.9. The number of piperidine rings is 1. The summed E-state index contributed by atoms with van der Waals surface area (Å²) in [5.74, 6) is 4.52. The molecule has 172 valence electrons. The van der Waals surface area contributed by atoms with Crippen LogP contribution in [-0.4, -0.2) is 47.5 Å². The number of hydrogen-bond acceptors (Lipinski definition) is 3. The van der Waals surface area contributed by atoms with Crippen LogP contribution in [0.5, 0.6) is 5.75 Å². The Morgan fingerprint density at radius 2 is 1.75 bits per heavy atom. The van der Waals surface area contributed by atoms with E-state index in [1.165, 1.54) is 49.7 Å². The number of aryl methyl sites for hydroxylation is 1. The molecular formula is C27H36N2O3. The molecule has 1 aromatic rings. The van der Waals surface area contributed by atoms with Gasteiger partial charge in [-0.1, -0.05) is 18.9 Å². The van der Waals surface area contributed by atoms with Crippen LogP contribution in [0.4, 0.5) is 4.79 Å². The highest BCUT2D eigenvalue weighted by Crippen LogP contribution is 2.55. The van der Waals surface area contributed by atoms with E-state index in [4.69, 9.17) is 4.74 Å². The Morgan fingerprint density at radius 3 is 2.56 bits per heavy atom. The van der Waals surface area contributed by atoms with E-state index in [2.05, 4.69) is 12.1 Å². The van der Waals surface area contributed by atoms with E-state index < -0.39 is 0 Å².